The number of amides is 1. The molecule has 0 saturated heterocycles. The number of rotatable bonds is 5. The first-order chi connectivity index (χ1) is 8.40. The topological polar surface area (TPSA) is 66.4 Å². The second-order valence-electron chi connectivity index (χ2n) is 4.44. The molecular weight excluding hydrogens is 230 g/mol. The van der Waals surface area contributed by atoms with Gasteiger partial charge in [0.15, 0.2) is 0 Å². The molecule has 1 aromatic rings. The smallest absolute Gasteiger partial charge is 0.335 e. The number of hydrogen-bond donors (Lipinski definition) is 2. The van der Waals surface area contributed by atoms with Gasteiger partial charge in [-0.1, -0.05) is 18.6 Å². The van der Waals surface area contributed by atoms with Gasteiger partial charge in [0.1, 0.15) is 0 Å². The Morgan fingerprint density at radius 2 is 2.11 bits per heavy atom. The number of carbonyl (C=O) groups is 2. The first kappa shape index (κ1) is 14.0. The quantitative estimate of drug-likeness (QED) is 0.786. The minimum absolute atomic E-state index is 0.138. The van der Waals surface area contributed by atoms with Crippen molar-refractivity contribution < 1.29 is 14.7 Å². The van der Waals surface area contributed by atoms with E-state index in [0.717, 1.165) is 5.57 Å². The predicted molar refractivity (Wildman–Crippen MR) is 70.6 cm³/mol. The Morgan fingerprint density at radius 1 is 1.44 bits per heavy atom. The molecule has 0 saturated carbocycles. The Labute approximate surface area is 106 Å². The van der Waals surface area contributed by atoms with Crippen LogP contribution in [0.3, 0.4) is 0 Å². The minimum Gasteiger partial charge on any atom is -0.478 e. The molecule has 0 aliphatic carbocycles. The van der Waals surface area contributed by atoms with Gasteiger partial charge in [-0.05, 0) is 31.5 Å². The molecule has 4 nitrogen and oxygen atoms in total. The van der Waals surface area contributed by atoms with Crippen molar-refractivity contribution >= 4 is 17.6 Å². The van der Waals surface area contributed by atoms with E-state index in [-0.39, 0.29) is 17.4 Å². The summed E-state index contributed by atoms with van der Waals surface area (Å²) in [6, 6.07) is 6.18. The SMILES string of the molecule is C=C(C)CC(C)C(=O)Nc1cccc(C(=O)O)c1. The molecule has 0 aliphatic heterocycles. The van der Waals surface area contributed by atoms with Gasteiger partial charge in [-0.3, -0.25) is 4.79 Å². The van der Waals surface area contributed by atoms with Crippen LogP contribution in [0.2, 0.25) is 0 Å². The van der Waals surface area contributed by atoms with Crippen molar-refractivity contribution in [3.63, 3.8) is 0 Å². The number of hydrogen-bond acceptors (Lipinski definition) is 2. The van der Waals surface area contributed by atoms with Gasteiger partial charge in [-0.2, -0.15) is 0 Å². The Hall–Kier alpha value is -2.10. The molecule has 1 atom stereocenters. The van der Waals surface area contributed by atoms with Gasteiger partial charge < -0.3 is 10.4 Å². The summed E-state index contributed by atoms with van der Waals surface area (Å²) in [5.74, 6) is -1.34. The van der Waals surface area contributed by atoms with Crippen molar-refractivity contribution in [3.8, 4) is 0 Å². The highest BCUT2D eigenvalue weighted by Crippen LogP contribution is 2.15. The maximum Gasteiger partial charge on any atom is 0.335 e. The fourth-order valence-corrected chi connectivity index (χ4v) is 1.61. The molecule has 0 spiro atoms. The fourth-order valence-electron chi connectivity index (χ4n) is 1.61. The van der Waals surface area contributed by atoms with E-state index in [9.17, 15) is 9.59 Å². The van der Waals surface area contributed by atoms with Crippen LogP contribution < -0.4 is 5.32 Å². The lowest BCUT2D eigenvalue weighted by Crippen LogP contribution is -2.20. The molecule has 1 aromatic carbocycles. The number of allylic oxidation sites excluding steroid dienone is 1. The molecule has 1 unspecified atom stereocenters. The Bertz CT molecular complexity index is 480. The standard InChI is InChI=1S/C14H17NO3/c1-9(2)7-10(3)13(16)15-12-6-4-5-11(8-12)14(17)18/h4-6,8,10H,1,7H2,2-3H3,(H,15,16)(H,17,18). The van der Waals surface area contributed by atoms with E-state index in [0.29, 0.717) is 12.1 Å². The summed E-state index contributed by atoms with van der Waals surface area (Å²) < 4.78 is 0. The summed E-state index contributed by atoms with van der Waals surface area (Å²) in [6.45, 7) is 7.44. The summed E-state index contributed by atoms with van der Waals surface area (Å²) in [7, 11) is 0. The van der Waals surface area contributed by atoms with Crippen LogP contribution in [0.15, 0.2) is 36.4 Å². The summed E-state index contributed by atoms with van der Waals surface area (Å²) in [4.78, 5) is 22.6. The molecular formula is C14H17NO3. The first-order valence-corrected chi connectivity index (χ1v) is 5.68. The Balaban J connectivity index is 2.72. The van der Waals surface area contributed by atoms with Crippen LogP contribution >= 0.6 is 0 Å². The Kier molecular flexibility index (Phi) is 4.66. The molecule has 1 rings (SSSR count). The largest absolute Gasteiger partial charge is 0.478 e. The maximum atomic E-state index is 11.8. The number of benzene rings is 1. The summed E-state index contributed by atoms with van der Waals surface area (Å²) >= 11 is 0. The highest BCUT2D eigenvalue weighted by atomic mass is 16.4. The van der Waals surface area contributed by atoms with Crippen LogP contribution in [-0.2, 0) is 4.79 Å². The lowest BCUT2D eigenvalue weighted by atomic mass is 10.0. The van der Waals surface area contributed by atoms with E-state index in [1.165, 1.54) is 12.1 Å². The van der Waals surface area contributed by atoms with E-state index in [1.54, 1.807) is 12.1 Å². The molecule has 4 heteroatoms. The van der Waals surface area contributed by atoms with Crippen LogP contribution in [0, 0.1) is 5.92 Å². The van der Waals surface area contributed by atoms with Crippen molar-refractivity contribution in [3.05, 3.63) is 42.0 Å². The third-order valence-corrected chi connectivity index (χ3v) is 2.48. The number of carboxylic acids is 1. The third kappa shape index (κ3) is 4.05. The molecule has 1 amide bonds. The van der Waals surface area contributed by atoms with Crippen molar-refractivity contribution in [2.45, 2.75) is 20.3 Å². The normalized spacial score (nSPS) is 11.7. The fraction of sp³-hybridized carbons (Fsp3) is 0.286. The molecule has 2 N–H and O–H groups in total. The lowest BCUT2D eigenvalue weighted by Gasteiger charge is -2.12. The van der Waals surface area contributed by atoms with Gasteiger partial charge in [-0.25, -0.2) is 4.79 Å². The lowest BCUT2D eigenvalue weighted by molar-refractivity contribution is -0.119. The van der Waals surface area contributed by atoms with Crippen molar-refractivity contribution in [1.82, 2.24) is 0 Å². The van der Waals surface area contributed by atoms with E-state index in [1.807, 2.05) is 13.8 Å². The van der Waals surface area contributed by atoms with Crippen LogP contribution in [0.5, 0.6) is 0 Å². The summed E-state index contributed by atoms with van der Waals surface area (Å²) in [5.41, 5.74) is 1.59. The molecule has 0 fully saturated rings. The zero-order valence-corrected chi connectivity index (χ0v) is 10.6. The second kappa shape index (κ2) is 6.00. The third-order valence-electron chi connectivity index (χ3n) is 2.48. The predicted octanol–water partition coefficient (Wildman–Crippen LogP) is 2.93. The van der Waals surface area contributed by atoms with Crippen LogP contribution in [0.4, 0.5) is 5.69 Å². The van der Waals surface area contributed by atoms with E-state index < -0.39 is 5.97 Å². The second-order valence-corrected chi connectivity index (χ2v) is 4.44. The zero-order chi connectivity index (χ0) is 13.7. The number of anilines is 1. The van der Waals surface area contributed by atoms with Gasteiger partial charge in [0.25, 0.3) is 0 Å². The average Bonchev–Trinajstić information content (AvgIpc) is 2.28. The molecule has 18 heavy (non-hydrogen) atoms. The highest BCUT2D eigenvalue weighted by Gasteiger charge is 2.13. The molecule has 0 aliphatic rings. The van der Waals surface area contributed by atoms with Gasteiger partial charge in [0.05, 0.1) is 5.56 Å². The van der Waals surface area contributed by atoms with E-state index >= 15 is 0 Å². The summed E-state index contributed by atoms with van der Waals surface area (Å²) in [6.07, 6.45) is 0.616. The number of nitrogens with one attached hydrogen (secondary N) is 1. The zero-order valence-electron chi connectivity index (χ0n) is 10.6. The van der Waals surface area contributed by atoms with E-state index in [4.69, 9.17) is 5.11 Å². The molecule has 96 valence electrons. The average molecular weight is 247 g/mol. The van der Waals surface area contributed by atoms with Crippen molar-refractivity contribution in [2.24, 2.45) is 5.92 Å². The number of aromatic carboxylic acids is 1. The Morgan fingerprint density at radius 3 is 2.67 bits per heavy atom. The van der Waals surface area contributed by atoms with Crippen LogP contribution in [0.25, 0.3) is 0 Å². The van der Waals surface area contributed by atoms with Crippen molar-refractivity contribution in [2.75, 3.05) is 5.32 Å². The highest BCUT2D eigenvalue weighted by molar-refractivity contribution is 5.94. The molecule has 0 radical (unpaired) electrons. The minimum atomic E-state index is -1.01. The number of carboxylic acid groups (broad SMARTS) is 1. The van der Waals surface area contributed by atoms with Crippen LogP contribution in [0.1, 0.15) is 30.6 Å². The first-order valence-electron chi connectivity index (χ1n) is 5.68. The molecule has 0 aromatic heterocycles. The van der Waals surface area contributed by atoms with Gasteiger partial charge in [0.2, 0.25) is 5.91 Å². The maximum absolute atomic E-state index is 11.8. The van der Waals surface area contributed by atoms with Gasteiger partial charge in [0, 0.05) is 11.6 Å². The van der Waals surface area contributed by atoms with Gasteiger partial charge >= 0.3 is 5.97 Å². The molecule has 0 heterocycles. The number of carbonyl (C=O) groups excluding carboxylic acids is 1. The van der Waals surface area contributed by atoms with E-state index in [2.05, 4.69) is 11.9 Å². The van der Waals surface area contributed by atoms with Gasteiger partial charge in [-0.15, -0.1) is 6.58 Å². The molecule has 0 bridgehead atoms. The summed E-state index contributed by atoms with van der Waals surface area (Å²) in [5, 5.41) is 11.5. The van der Waals surface area contributed by atoms with Crippen LogP contribution in [-0.4, -0.2) is 17.0 Å². The van der Waals surface area contributed by atoms with Crippen molar-refractivity contribution in [1.29, 1.82) is 0 Å². The monoisotopic (exact) mass is 247 g/mol.